The zero-order valence-corrected chi connectivity index (χ0v) is 15.5. The maximum Gasteiger partial charge on any atom is 0.226 e. The quantitative estimate of drug-likeness (QED) is 0.759. The van der Waals surface area contributed by atoms with Crippen LogP contribution < -0.4 is 10.1 Å². The topological polar surface area (TPSA) is 69.0 Å². The van der Waals surface area contributed by atoms with Gasteiger partial charge in [-0.1, -0.05) is 42.5 Å². The van der Waals surface area contributed by atoms with Crippen molar-refractivity contribution in [3.8, 4) is 5.75 Å². The molecule has 0 saturated carbocycles. The molecule has 0 saturated heterocycles. The number of benzene rings is 2. The minimum absolute atomic E-state index is 0.150. The number of hydrogen-bond acceptors (Lipinski definition) is 5. The van der Waals surface area contributed by atoms with Gasteiger partial charge in [-0.25, -0.2) is 4.68 Å². The summed E-state index contributed by atoms with van der Waals surface area (Å²) in [4.78, 5) is 17.6. The van der Waals surface area contributed by atoms with Crippen LogP contribution in [0.3, 0.4) is 0 Å². The van der Waals surface area contributed by atoms with Crippen molar-refractivity contribution in [3.63, 3.8) is 0 Å². The van der Waals surface area contributed by atoms with E-state index in [2.05, 4.69) is 27.5 Å². The zero-order valence-electron chi connectivity index (χ0n) is 15.5. The molecular weight excluding hydrogens is 352 g/mol. The van der Waals surface area contributed by atoms with E-state index in [1.165, 1.54) is 11.9 Å². The summed E-state index contributed by atoms with van der Waals surface area (Å²) in [6.45, 7) is 0. The van der Waals surface area contributed by atoms with E-state index in [0.717, 1.165) is 29.0 Å². The summed E-state index contributed by atoms with van der Waals surface area (Å²) in [6.07, 6.45) is 2.79. The molecule has 0 bridgehead atoms. The Morgan fingerprint density at radius 1 is 1.07 bits per heavy atom. The maximum atomic E-state index is 13.3. The average molecular weight is 372 g/mol. The molecule has 2 heterocycles. The molecule has 6 nitrogen and oxygen atoms in total. The van der Waals surface area contributed by atoms with E-state index in [9.17, 15) is 4.79 Å². The number of methoxy groups -OCH3 is 1. The van der Waals surface area contributed by atoms with Crippen LogP contribution in [0.4, 0.5) is 5.95 Å². The Balaban J connectivity index is 1.61. The second-order valence-corrected chi connectivity index (χ2v) is 7.16. The van der Waals surface area contributed by atoms with Crippen LogP contribution in [0.2, 0.25) is 0 Å². The minimum Gasteiger partial charge on any atom is -0.497 e. The normalized spacial score (nSPS) is 21.0. The molecule has 1 N–H and O–H groups in total. The maximum absolute atomic E-state index is 13.3. The first-order valence-corrected chi connectivity index (χ1v) is 9.36. The summed E-state index contributed by atoms with van der Waals surface area (Å²) in [5, 5.41) is 7.74. The van der Waals surface area contributed by atoms with Gasteiger partial charge in [0.05, 0.1) is 7.11 Å². The fourth-order valence-electron chi connectivity index (χ4n) is 4.23. The third kappa shape index (κ3) is 2.69. The molecule has 28 heavy (non-hydrogen) atoms. The van der Waals surface area contributed by atoms with Gasteiger partial charge in [0.15, 0.2) is 5.78 Å². The summed E-state index contributed by atoms with van der Waals surface area (Å²) in [5.74, 6) is 1.73. The average Bonchev–Trinajstić information content (AvgIpc) is 3.21. The van der Waals surface area contributed by atoms with E-state index in [4.69, 9.17) is 4.74 Å². The molecule has 1 aliphatic heterocycles. The zero-order chi connectivity index (χ0) is 19.1. The van der Waals surface area contributed by atoms with Gasteiger partial charge in [-0.2, -0.15) is 10.1 Å². The standard InChI is InChI=1S/C22H20N4O2/c1-28-17-9-5-8-15(10-17)21-20-18(25-22-23-13-24-26(21)22)11-16(12-19(20)27)14-6-3-2-4-7-14/h2-10,13,16,21H,11-12H2,1H3,(H,23,24,25)/t16-,21-/m1/s1. The SMILES string of the molecule is COc1cccc([C@@H]2C3=C(C[C@@H](c4ccccc4)CC3=O)Nc3ncnn32)c1. The van der Waals surface area contributed by atoms with Gasteiger partial charge in [0.25, 0.3) is 0 Å². The van der Waals surface area contributed by atoms with Crippen LogP contribution in [0.5, 0.6) is 5.75 Å². The molecule has 2 atom stereocenters. The van der Waals surface area contributed by atoms with Crippen LogP contribution in [-0.2, 0) is 4.79 Å². The number of carbonyl (C=O) groups excluding carboxylic acids is 1. The Bertz CT molecular complexity index is 1070. The molecule has 0 spiro atoms. The molecular formula is C22H20N4O2. The molecule has 2 aromatic carbocycles. The number of allylic oxidation sites excluding steroid dienone is 2. The number of Topliss-reactive ketones (excluding diaryl/α,β-unsaturated/α-hetero) is 1. The van der Waals surface area contributed by atoms with Gasteiger partial charge >= 0.3 is 0 Å². The van der Waals surface area contributed by atoms with Crippen LogP contribution in [-0.4, -0.2) is 27.7 Å². The number of ketones is 1. The molecule has 3 aromatic rings. The number of fused-ring (bicyclic) bond motifs is 1. The Morgan fingerprint density at radius 2 is 1.89 bits per heavy atom. The highest BCUT2D eigenvalue weighted by Crippen LogP contribution is 2.44. The molecule has 1 aromatic heterocycles. The Hall–Kier alpha value is -3.41. The van der Waals surface area contributed by atoms with Crippen LogP contribution in [0.25, 0.3) is 0 Å². The monoisotopic (exact) mass is 372 g/mol. The second kappa shape index (κ2) is 6.64. The summed E-state index contributed by atoms with van der Waals surface area (Å²) in [5.41, 5.74) is 3.87. The van der Waals surface area contributed by atoms with E-state index in [1.807, 2.05) is 42.5 Å². The first kappa shape index (κ1) is 16.7. The van der Waals surface area contributed by atoms with E-state index in [1.54, 1.807) is 11.8 Å². The van der Waals surface area contributed by atoms with E-state index < -0.39 is 0 Å². The van der Waals surface area contributed by atoms with Gasteiger partial charge < -0.3 is 10.1 Å². The Kier molecular flexibility index (Phi) is 3.97. The number of ether oxygens (including phenoxy) is 1. The second-order valence-electron chi connectivity index (χ2n) is 7.16. The lowest BCUT2D eigenvalue weighted by molar-refractivity contribution is -0.116. The number of hydrogen-bond donors (Lipinski definition) is 1. The number of rotatable bonds is 3. The first-order valence-electron chi connectivity index (χ1n) is 9.36. The molecule has 1 aliphatic carbocycles. The van der Waals surface area contributed by atoms with Gasteiger partial charge in [0, 0.05) is 17.7 Å². The van der Waals surface area contributed by atoms with E-state index >= 15 is 0 Å². The Labute approximate surface area is 162 Å². The number of nitrogens with one attached hydrogen (secondary N) is 1. The van der Waals surface area contributed by atoms with Crippen LogP contribution in [0.1, 0.15) is 35.9 Å². The lowest BCUT2D eigenvalue weighted by atomic mass is 9.78. The molecule has 6 heteroatoms. The molecule has 2 aliphatic rings. The van der Waals surface area contributed by atoms with Crippen molar-refractivity contribution >= 4 is 11.7 Å². The van der Waals surface area contributed by atoms with Gasteiger partial charge in [-0.15, -0.1) is 0 Å². The Morgan fingerprint density at radius 3 is 2.71 bits per heavy atom. The third-order valence-corrected chi connectivity index (χ3v) is 5.54. The van der Waals surface area contributed by atoms with Gasteiger partial charge in [0.2, 0.25) is 5.95 Å². The molecule has 0 fully saturated rings. The van der Waals surface area contributed by atoms with E-state index in [0.29, 0.717) is 12.4 Å². The lowest BCUT2D eigenvalue weighted by Crippen LogP contribution is -2.33. The van der Waals surface area contributed by atoms with Crippen molar-refractivity contribution in [2.24, 2.45) is 0 Å². The lowest BCUT2D eigenvalue weighted by Gasteiger charge is -2.35. The van der Waals surface area contributed by atoms with Crippen molar-refractivity contribution in [2.45, 2.75) is 24.8 Å². The molecule has 0 radical (unpaired) electrons. The van der Waals surface area contributed by atoms with Crippen molar-refractivity contribution < 1.29 is 9.53 Å². The van der Waals surface area contributed by atoms with Crippen molar-refractivity contribution in [1.29, 1.82) is 0 Å². The molecule has 5 rings (SSSR count). The number of carbonyl (C=O) groups is 1. The fourth-order valence-corrected chi connectivity index (χ4v) is 4.23. The fraction of sp³-hybridized carbons (Fsp3) is 0.227. The van der Waals surface area contributed by atoms with Crippen molar-refractivity contribution in [3.05, 3.63) is 83.3 Å². The predicted molar refractivity (Wildman–Crippen MR) is 105 cm³/mol. The molecule has 0 unspecified atom stereocenters. The highest BCUT2D eigenvalue weighted by molar-refractivity contribution is 6.00. The molecule has 140 valence electrons. The van der Waals surface area contributed by atoms with Crippen molar-refractivity contribution in [2.75, 3.05) is 12.4 Å². The smallest absolute Gasteiger partial charge is 0.226 e. The third-order valence-electron chi connectivity index (χ3n) is 5.54. The largest absolute Gasteiger partial charge is 0.497 e. The van der Waals surface area contributed by atoms with Gasteiger partial charge in [-0.05, 0) is 35.6 Å². The van der Waals surface area contributed by atoms with Crippen LogP contribution in [0.15, 0.2) is 72.2 Å². The number of anilines is 1. The summed E-state index contributed by atoms with van der Waals surface area (Å²) >= 11 is 0. The predicted octanol–water partition coefficient (Wildman–Crippen LogP) is 3.70. The van der Waals surface area contributed by atoms with Crippen LogP contribution >= 0.6 is 0 Å². The summed E-state index contributed by atoms with van der Waals surface area (Å²) in [7, 11) is 1.64. The highest BCUT2D eigenvalue weighted by atomic mass is 16.5. The molecule has 0 amide bonds. The minimum atomic E-state index is -0.298. The van der Waals surface area contributed by atoms with Gasteiger partial charge in [-0.3, -0.25) is 4.79 Å². The van der Waals surface area contributed by atoms with E-state index in [-0.39, 0.29) is 17.7 Å². The number of nitrogens with zero attached hydrogens (tertiary/aromatic N) is 3. The van der Waals surface area contributed by atoms with Gasteiger partial charge in [0.1, 0.15) is 18.1 Å². The highest BCUT2D eigenvalue weighted by Gasteiger charge is 2.39. The van der Waals surface area contributed by atoms with Crippen LogP contribution in [0, 0.1) is 0 Å². The summed E-state index contributed by atoms with van der Waals surface area (Å²) < 4.78 is 7.18. The number of aromatic nitrogens is 3. The summed E-state index contributed by atoms with van der Waals surface area (Å²) in [6, 6.07) is 17.7. The van der Waals surface area contributed by atoms with Crippen molar-refractivity contribution in [1.82, 2.24) is 14.8 Å². The first-order chi connectivity index (χ1) is 13.7.